The minimum absolute atomic E-state index is 0.0885. The molecule has 0 bridgehead atoms. The SMILES string of the molecule is O=C([O-])c1ccc(S(=O)(=O)c2ccc3c(c2)C(=O)N(c2ccccc2C(=O)[O-])C3=O)cc1. The second-order valence-electron chi connectivity index (χ2n) is 6.77. The number of para-hydroxylation sites is 1. The van der Waals surface area contributed by atoms with Crippen molar-refractivity contribution in [2.45, 2.75) is 9.79 Å². The fourth-order valence-electron chi connectivity index (χ4n) is 3.35. The molecule has 9 nitrogen and oxygen atoms in total. The van der Waals surface area contributed by atoms with Gasteiger partial charge in [-0.15, -0.1) is 0 Å². The van der Waals surface area contributed by atoms with Crippen molar-refractivity contribution in [1.29, 1.82) is 0 Å². The van der Waals surface area contributed by atoms with Crippen LogP contribution in [0, 0.1) is 0 Å². The Morgan fingerprint density at radius 1 is 0.719 bits per heavy atom. The summed E-state index contributed by atoms with van der Waals surface area (Å²) in [6.07, 6.45) is 0. The lowest BCUT2D eigenvalue weighted by Gasteiger charge is -2.18. The number of hydrogen-bond acceptors (Lipinski definition) is 8. The second-order valence-corrected chi connectivity index (χ2v) is 8.72. The van der Waals surface area contributed by atoms with E-state index in [1.165, 1.54) is 30.3 Å². The standard InChI is InChI=1S/C22H13NO8S/c24-19-15-10-9-14(32(30,31)13-7-5-12(6-8-13)21(26)27)11-17(15)20(25)23(19)18-4-2-1-3-16(18)22(28)29/h1-11H,(H,26,27)(H,28,29)/p-2. The highest BCUT2D eigenvalue weighted by Crippen LogP contribution is 2.33. The zero-order valence-electron chi connectivity index (χ0n) is 16.0. The molecule has 10 heteroatoms. The molecule has 0 aliphatic carbocycles. The Balaban J connectivity index is 1.77. The summed E-state index contributed by atoms with van der Waals surface area (Å²) in [7, 11) is -4.15. The zero-order valence-corrected chi connectivity index (χ0v) is 16.8. The maximum atomic E-state index is 12.9. The normalized spacial score (nSPS) is 13.2. The van der Waals surface area contributed by atoms with E-state index < -0.39 is 33.6 Å². The third kappa shape index (κ3) is 3.22. The Kier molecular flexibility index (Phi) is 4.86. The van der Waals surface area contributed by atoms with Crippen LogP contribution >= 0.6 is 0 Å². The fourth-order valence-corrected chi connectivity index (χ4v) is 4.64. The Hall–Kier alpha value is -4.31. The van der Waals surface area contributed by atoms with Gasteiger partial charge in [-0.25, -0.2) is 13.3 Å². The number of nitrogens with zero attached hydrogens (tertiary/aromatic N) is 1. The van der Waals surface area contributed by atoms with Gasteiger partial charge in [-0.3, -0.25) is 9.59 Å². The Morgan fingerprint density at radius 3 is 1.94 bits per heavy atom. The van der Waals surface area contributed by atoms with E-state index in [0.29, 0.717) is 4.90 Å². The van der Waals surface area contributed by atoms with Gasteiger partial charge in [0, 0.05) is 5.56 Å². The molecule has 0 unspecified atom stereocenters. The molecular formula is C22H11NO8S-2. The van der Waals surface area contributed by atoms with Gasteiger partial charge in [0.25, 0.3) is 11.8 Å². The molecule has 3 aromatic carbocycles. The molecule has 0 saturated carbocycles. The van der Waals surface area contributed by atoms with E-state index in [1.54, 1.807) is 0 Å². The number of carbonyl (C=O) groups is 4. The summed E-state index contributed by atoms with van der Waals surface area (Å²) in [5.74, 6) is -4.74. The van der Waals surface area contributed by atoms with Crippen molar-refractivity contribution in [3.63, 3.8) is 0 Å². The lowest BCUT2D eigenvalue weighted by molar-refractivity contribution is -0.256. The van der Waals surface area contributed by atoms with Gasteiger partial charge < -0.3 is 19.8 Å². The number of imide groups is 1. The third-order valence-electron chi connectivity index (χ3n) is 4.93. The van der Waals surface area contributed by atoms with E-state index in [9.17, 15) is 37.8 Å². The number of carboxylic acids is 2. The molecule has 0 aromatic heterocycles. The van der Waals surface area contributed by atoms with Crippen LogP contribution in [0.25, 0.3) is 0 Å². The number of sulfone groups is 1. The summed E-state index contributed by atoms with van der Waals surface area (Å²) in [5, 5.41) is 22.3. The van der Waals surface area contributed by atoms with Crippen molar-refractivity contribution in [3.8, 4) is 0 Å². The lowest BCUT2D eigenvalue weighted by Crippen LogP contribution is -2.33. The fraction of sp³-hybridized carbons (Fsp3) is 0. The topological polar surface area (TPSA) is 152 Å². The van der Waals surface area contributed by atoms with Crippen molar-refractivity contribution in [1.82, 2.24) is 0 Å². The number of anilines is 1. The van der Waals surface area contributed by atoms with Gasteiger partial charge in [0.1, 0.15) is 0 Å². The zero-order chi connectivity index (χ0) is 23.2. The highest BCUT2D eigenvalue weighted by molar-refractivity contribution is 7.91. The van der Waals surface area contributed by atoms with Crippen LogP contribution in [0.5, 0.6) is 0 Å². The minimum atomic E-state index is -4.15. The van der Waals surface area contributed by atoms with Gasteiger partial charge in [0.05, 0.1) is 38.5 Å². The molecule has 0 N–H and O–H groups in total. The maximum absolute atomic E-state index is 12.9. The lowest BCUT2D eigenvalue weighted by atomic mass is 10.1. The first-order valence-corrected chi connectivity index (χ1v) is 10.5. The quantitative estimate of drug-likeness (QED) is 0.495. The molecule has 0 fully saturated rings. The van der Waals surface area contributed by atoms with Crippen molar-refractivity contribution in [2.24, 2.45) is 0 Å². The third-order valence-corrected chi connectivity index (χ3v) is 6.70. The average Bonchev–Trinajstić information content (AvgIpc) is 3.03. The molecule has 2 amide bonds. The van der Waals surface area contributed by atoms with Gasteiger partial charge in [0.15, 0.2) is 0 Å². The molecule has 4 rings (SSSR count). The molecule has 1 aliphatic heterocycles. The van der Waals surface area contributed by atoms with Gasteiger partial charge >= 0.3 is 0 Å². The highest BCUT2D eigenvalue weighted by Gasteiger charge is 2.38. The van der Waals surface area contributed by atoms with Crippen LogP contribution in [0.2, 0.25) is 0 Å². The predicted molar refractivity (Wildman–Crippen MR) is 105 cm³/mol. The van der Waals surface area contributed by atoms with E-state index in [1.807, 2.05) is 0 Å². The Bertz CT molecular complexity index is 1420. The maximum Gasteiger partial charge on any atom is 0.266 e. The number of aromatic carboxylic acids is 2. The monoisotopic (exact) mass is 449 g/mol. The van der Waals surface area contributed by atoms with Crippen molar-refractivity contribution >= 4 is 39.3 Å². The summed E-state index contributed by atoms with van der Waals surface area (Å²) in [5.41, 5.74) is -1.07. The number of amides is 2. The molecule has 160 valence electrons. The molecule has 0 saturated heterocycles. The average molecular weight is 449 g/mol. The summed E-state index contributed by atoms with van der Waals surface area (Å²) < 4.78 is 25.9. The van der Waals surface area contributed by atoms with Gasteiger partial charge in [-0.1, -0.05) is 30.3 Å². The first kappa shape index (κ1) is 20.9. The molecule has 1 heterocycles. The number of carbonyl (C=O) groups excluding carboxylic acids is 4. The molecule has 0 atom stereocenters. The van der Waals surface area contributed by atoms with Crippen molar-refractivity contribution in [2.75, 3.05) is 4.90 Å². The van der Waals surface area contributed by atoms with Crippen LogP contribution in [-0.4, -0.2) is 32.2 Å². The van der Waals surface area contributed by atoms with E-state index in [4.69, 9.17) is 0 Å². The van der Waals surface area contributed by atoms with Gasteiger partial charge in [-0.05, 0) is 42.0 Å². The van der Waals surface area contributed by atoms with Crippen molar-refractivity contribution < 1.29 is 37.8 Å². The second kappa shape index (κ2) is 7.43. The van der Waals surface area contributed by atoms with E-state index >= 15 is 0 Å². The largest absolute Gasteiger partial charge is 0.545 e. The van der Waals surface area contributed by atoms with Crippen LogP contribution in [-0.2, 0) is 9.84 Å². The highest BCUT2D eigenvalue weighted by atomic mass is 32.2. The number of fused-ring (bicyclic) bond motifs is 1. The predicted octanol–water partition coefficient (Wildman–Crippen LogP) is 0.0470. The molecule has 32 heavy (non-hydrogen) atoms. The molecule has 1 aliphatic rings. The van der Waals surface area contributed by atoms with E-state index in [2.05, 4.69) is 0 Å². The molecule has 0 radical (unpaired) electrons. The number of hydrogen-bond donors (Lipinski definition) is 0. The smallest absolute Gasteiger partial charge is 0.266 e. The number of benzene rings is 3. The molecule has 0 spiro atoms. The van der Waals surface area contributed by atoms with Crippen LogP contribution in [0.1, 0.15) is 41.4 Å². The summed E-state index contributed by atoms with van der Waals surface area (Å²) in [4.78, 5) is 48.1. The first-order valence-electron chi connectivity index (χ1n) is 9.02. The molecule has 3 aromatic rings. The summed E-state index contributed by atoms with van der Waals surface area (Å²) in [6.45, 7) is 0. The van der Waals surface area contributed by atoms with Gasteiger partial charge in [-0.2, -0.15) is 0 Å². The number of rotatable bonds is 5. The van der Waals surface area contributed by atoms with E-state index in [-0.39, 0.29) is 37.7 Å². The summed E-state index contributed by atoms with van der Waals surface area (Å²) in [6, 6.07) is 12.9. The Morgan fingerprint density at radius 2 is 1.31 bits per heavy atom. The van der Waals surface area contributed by atoms with Crippen molar-refractivity contribution in [3.05, 3.63) is 89.0 Å². The van der Waals surface area contributed by atoms with Crippen LogP contribution in [0.15, 0.2) is 76.5 Å². The van der Waals surface area contributed by atoms with E-state index in [0.717, 1.165) is 36.4 Å². The minimum Gasteiger partial charge on any atom is -0.545 e. The van der Waals surface area contributed by atoms with Crippen LogP contribution < -0.4 is 15.1 Å². The molecular weight excluding hydrogens is 438 g/mol. The van der Waals surface area contributed by atoms with Crippen LogP contribution in [0.3, 0.4) is 0 Å². The van der Waals surface area contributed by atoms with Crippen LogP contribution in [0.4, 0.5) is 5.69 Å². The van der Waals surface area contributed by atoms with Gasteiger partial charge in [0.2, 0.25) is 9.84 Å². The first-order chi connectivity index (χ1) is 15.1. The number of carboxylic acid groups (broad SMARTS) is 2. The Labute approximate surface area is 181 Å². The summed E-state index contributed by atoms with van der Waals surface area (Å²) >= 11 is 0.